The average molecular weight is 257 g/mol. The Morgan fingerprint density at radius 1 is 1.50 bits per heavy atom. The molecule has 0 radical (unpaired) electrons. The van der Waals surface area contributed by atoms with Gasteiger partial charge < -0.3 is 11.1 Å². The van der Waals surface area contributed by atoms with E-state index in [1.54, 1.807) is 6.92 Å². The van der Waals surface area contributed by atoms with Gasteiger partial charge in [0.25, 0.3) is 0 Å². The van der Waals surface area contributed by atoms with E-state index in [0.29, 0.717) is 0 Å². The lowest BCUT2D eigenvalue weighted by atomic mass is 10.2. The number of nitrogens with two attached hydrogens (primary N) is 1. The number of carbonyl (C=O) groups is 1. The summed E-state index contributed by atoms with van der Waals surface area (Å²) in [6.45, 7) is 3.62. The van der Waals surface area contributed by atoms with Crippen molar-refractivity contribution in [2.24, 2.45) is 5.73 Å². The van der Waals surface area contributed by atoms with E-state index in [2.05, 4.69) is 21.2 Å². The number of nitrogens with one attached hydrogen (secondary N) is 1. The van der Waals surface area contributed by atoms with E-state index in [9.17, 15) is 4.79 Å². The van der Waals surface area contributed by atoms with Gasteiger partial charge in [-0.15, -0.1) is 0 Å². The molecule has 1 aromatic rings. The first-order valence-corrected chi connectivity index (χ1v) is 5.12. The fraction of sp³-hybridized carbons (Fsp3) is 0.300. The Labute approximate surface area is 91.8 Å². The minimum absolute atomic E-state index is 0.178. The number of rotatable bonds is 2. The predicted octanol–water partition coefficient (Wildman–Crippen LogP) is 2.04. The van der Waals surface area contributed by atoms with Crippen LogP contribution in [-0.4, -0.2) is 11.9 Å². The van der Waals surface area contributed by atoms with Gasteiger partial charge in [0, 0.05) is 10.2 Å². The van der Waals surface area contributed by atoms with E-state index in [1.165, 1.54) is 0 Å². The summed E-state index contributed by atoms with van der Waals surface area (Å²) >= 11 is 3.36. The number of anilines is 1. The van der Waals surface area contributed by atoms with E-state index >= 15 is 0 Å². The maximum atomic E-state index is 11.3. The molecular formula is C10H13BrN2O. The third-order valence-corrected chi connectivity index (χ3v) is 2.18. The van der Waals surface area contributed by atoms with Gasteiger partial charge in [-0.25, -0.2) is 0 Å². The summed E-state index contributed by atoms with van der Waals surface area (Å²) in [5.41, 5.74) is 7.28. The highest BCUT2D eigenvalue weighted by Gasteiger charge is 2.07. The number of hydrogen-bond acceptors (Lipinski definition) is 2. The van der Waals surface area contributed by atoms with Gasteiger partial charge in [-0.05, 0) is 37.6 Å². The van der Waals surface area contributed by atoms with Crippen LogP contribution in [0.5, 0.6) is 0 Å². The molecule has 0 aliphatic carbocycles. The van der Waals surface area contributed by atoms with Crippen molar-refractivity contribution >= 4 is 27.5 Å². The Bertz CT molecular complexity index is 330. The summed E-state index contributed by atoms with van der Waals surface area (Å²) in [5.74, 6) is -0.178. The highest BCUT2D eigenvalue weighted by Crippen LogP contribution is 2.18. The van der Waals surface area contributed by atoms with Crippen LogP contribution >= 0.6 is 15.9 Å². The van der Waals surface area contributed by atoms with Crippen molar-refractivity contribution in [1.82, 2.24) is 0 Å². The molecule has 1 amide bonds. The van der Waals surface area contributed by atoms with E-state index in [-0.39, 0.29) is 5.91 Å². The molecule has 0 aromatic heterocycles. The first-order valence-electron chi connectivity index (χ1n) is 4.32. The molecule has 1 aromatic carbocycles. The number of benzene rings is 1. The normalized spacial score (nSPS) is 12.3. The lowest BCUT2D eigenvalue weighted by Gasteiger charge is -2.08. The van der Waals surface area contributed by atoms with Crippen molar-refractivity contribution in [3.63, 3.8) is 0 Å². The van der Waals surface area contributed by atoms with Gasteiger partial charge >= 0.3 is 0 Å². The fourth-order valence-corrected chi connectivity index (χ4v) is 1.67. The van der Waals surface area contributed by atoms with Crippen molar-refractivity contribution in [2.75, 3.05) is 5.32 Å². The van der Waals surface area contributed by atoms with E-state index in [4.69, 9.17) is 5.73 Å². The first-order chi connectivity index (χ1) is 6.49. The van der Waals surface area contributed by atoms with Crippen molar-refractivity contribution in [3.05, 3.63) is 28.2 Å². The average Bonchev–Trinajstić information content (AvgIpc) is 2.01. The van der Waals surface area contributed by atoms with Crippen molar-refractivity contribution in [1.29, 1.82) is 0 Å². The summed E-state index contributed by atoms with van der Waals surface area (Å²) in [7, 11) is 0. The van der Waals surface area contributed by atoms with Gasteiger partial charge in [0.15, 0.2) is 0 Å². The molecule has 1 rings (SSSR count). The molecule has 0 saturated heterocycles. The molecule has 0 bridgehead atoms. The number of halogens is 1. The van der Waals surface area contributed by atoms with Crippen molar-refractivity contribution < 1.29 is 4.79 Å². The smallest absolute Gasteiger partial charge is 0.240 e. The maximum absolute atomic E-state index is 11.3. The molecule has 0 aliphatic heterocycles. The van der Waals surface area contributed by atoms with Crippen LogP contribution in [0.1, 0.15) is 12.5 Å². The van der Waals surface area contributed by atoms with Gasteiger partial charge in [-0.3, -0.25) is 4.79 Å². The van der Waals surface area contributed by atoms with Crippen LogP contribution in [0.25, 0.3) is 0 Å². The number of aryl methyl sites for hydroxylation is 1. The van der Waals surface area contributed by atoms with Crippen molar-refractivity contribution in [2.45, 2.75) is 19.9 Å². The van der Waals surface area contributed by atoms with E-state index in [1.807, 2.05) is 25.1 Å². The first kappa shape index (κ1) is 11.2. The zero-order valence-electron chi connectivity index (χ0n) is 8.17. The van der Waals surface area contributed by atoms with Gasteiger partial charge in [0.1, 0.15) is 0 Å². The standard InChI is InChI=1S/C10H13BrN2O/c1-6-3-8(11)5-9(4-6)13-10(14)7(2)12/h3-5,7H,12H2,1-2H3,(H,13,14)/t7-/m1/s1. The Balaban J connectivity index is 2.82. The highest BCUT2D eigenvalue weighted by atomic mass is 79.9. The third-order valence-electron chi connectivity index (χ3n) is 1.72. The van der Waals surface area contributed by atoms with Crippen LogP contribution < -0.4 is 11.1 Å². The molecule has 0 aliphatic rings. The largest absolute Gasteiger partial charge is 0.325 e. The topological polar surface area (TPSA) is 55.1 Å². The zero-order chi connectivity index (χ0) is 10.7. The second kappa shape index (κ2) is 4.57. The molecule has 1 atom stereocenters. The number of carbonyl (C=O) groups excluding carboxylic acids is 1. The van der Waals surface area contributed by atoms with Crippen LogP contribution in [0.2, 0.25) is 0 Å². The molecule has 0 spiro atoms. The SMILES string of the molecule is Cc1cc(Br)cc(NC(=O)[C@@H](C)N)c1. The second-order valence-corrected chi connectivity index (χ2v) is 4.21. The zero-order valence-corrected chi connectivity index (χ0v) is 9.76. The number of amides is 1. The van der Waals surface area contributed by atoms with Crippen LogP contribution in [0.4, 0.5) is 5.69 Å². The maximum Gasteiger partial charge on any atom is 0.240 e. The minimum atomic E-state index is -0.491. The third kappa shape index (κ3) is 3.12. The molecule has 0 fully saturated rings. The molecule has 0 unspecified atom stereocenters. The summed E-state index contributed by atoms with van der Waals surface area (Å²) in [4.78, 5) is 11.3. The minimum Gasteiger partial charge on any atom is -0.325 e. The van der Waals surface area contributed by atoms with Crippen LogP contribution in [0, 0.1) is 6.92 Å². The van der Waals surface area contributed by atoms with E-state index in [0.717, 1.165) is 15.7 Å². The van der Waals surface area contributed by atoms with E-state index < -0.39 is 6.04 Å². The summed E-state index contributed by atoms with van der Waals surface area (Å²) in [5, 5.41) is 2.73. The van der Waals surface area contributed by atoms with Crippen LogP contribution in [0.3, 0.4) is 0 Å². The molecule has 3 nitrogen and oxygen atoms in total. The second-order valence-electron chi connectivity index (χ2n) is 3.30. The fourth-order valence-electron chi connectivity index (χ4n) is 1.06. The molecule has 14 heavy (non-hydrogen) atoms. The molecule has 76 valence electrons. The van der Waals surface area contributed by atoms with Gasteiger partial charge in [0.05, 0.1) is 6.04 Å². The summed E-state index contributed by atoms with van der Waals surface area (Å²) in [6, 6.07) is 5.22. The Morgan fingerprint density at radius 2 is 2.14 bits per heavy atom. The molecule has 0 heterocycles. The number of hydrogen-bond donors (Lipinski definition) is 2. The highest BCUT2D eigenvalue weighted by molar-refractivity contribution is 9.10. The van der Waals surface area contributed by atoms with Gasteiger partial charge in [-0.1, -0.05) is 15.9 Å². The van der Waals surface area contributed by atoms with Gasteiger partial charge in [-0.2, -0.15) is 0 Å². The van der Waals surface area contributed by atoms with Crippen LogP contribution in [-0.2, 0) is 4.79 Å². The Morgan fingerprint density at radius 3 is 2.64 bits per heavy atom. The quantitative estimate of drug-likeness (QED) is 0.851. The van der Waals surface area contributed by atoms with Crippen molar-refractivity contribution in [3.8, 4) is 0 Å². The molecule has 0 saturated carbocycles. The predicted molar refractivity (Wildman–Crippen MR) is 61.2 cm³/mol. The monoisotopic (exact) mass is 256 g/mol. The molecule has 4 heteroatoms. The molecular weight excluding hydrogens is 244 g/mol. The van der Waals surface area contributed by atoms with Crippen LogP contribution in [0.15, 0.2) is 22.7 Å². The lowest BCUT2D eigenvalue weighted by molar-refractivity contribution is -0.117. The summed E-state index contributed by atoms with van der Waals surface area (Å²) in [6.07, 6.45) is 0. The lowest BCUT2D eigenvalue weighted by Crippen LogP contribution is -2.32. The Hall–Kier alpha value is -0.870. The Kier molecular flexibility index (Phi) is 3.66. The molecule has 3 N–H and O–H groups in total. The van der Waals surface area contributed by atoms with Gasteiger partial charge in [0.2, 0.25) is 5.91 Å². The summed E-state index contributed by atoms with van der Waals surface area (Å²) < 4.78 is 0.942.